The van der Waals surface area contributed by atoms with Gasteiger partial charge in [0.25, 0.3) is 0 Å². The lowest BCUT2D eigenvalue weighted by Gasteiger charge is -2.18. The van der Waals surface area contributed by atoms with E-state index >= 15 is 0 Å². The first-order chi connectivity index (χ1) is 20.6. The van der Waals surface area contributed by atoms with Gasteiger partial charge in [0.1, 0.15) is 6.10 Å². The number of hydrogen-bond acceptors (Lipinski definition) is 3. The van der Waals surface area contributed by atoms with Gasteiger partial charge in [-0.1, -0.05) is 174 Å². The smallest absolute Gasteiger partial charge is 0.306 e. The van der Waals surface area contributed by atoms with E-state index in [1.807, 2.05) is 0 Å². The zero-order valence-corrected chi connectivity index (χ0v) is 28.6. The van der Waals surface area contributed by atoms with Crippen LogP contribution in [-0.4, -0.2) is 23.1 Å². The SMILES string of the molecule is CCCCCCCCCCCCCC(=O)OC(CCCCC)CCCCCCCCCCCCCCCCCC(=O)O. The van der Waals surface area contributed by atoms with Gasteiger partial charge in [-0.3, -0.25) is 9.59 Å². The Bertz CT molecular complexity index is 561. The summed E-state index contributed by atoms with van der Waals surface area (Å²) in [6, 6.07) is 0. The molecule has 1 N–H and O–H groups in total. The highest BCUT2D eigenvalue weighted by Crippen LogP contribution is 2.19. The van der Waals surface area contributed by atoms with E-state index in [-0.39, 0.29) is 12.1 Å². The maximum Gasteiger partial charge on any atom is 0.306 e. The van der Waals surface area contributed by atoms with Crippen molar-refractivity contribution in [1.29, 1.82) is 0 Å². The molecule has 0 aromatic rings. The number of carboxylic acid groups (broad SMARTS) is 1. The predicted molar refractivity (Wildman–Crippen MR) is 181 cm³/mol. The van der Waals surface area contributed by atoms with Gasteiger partial charge < -0.3 is 9.84 Å². The van der Waals surface area contributed by atoms with Crippen molar-refractivity contribution in [2.24, 2.45) is 0 Å². The second-order valence-corrected chi connectivity index (χ2v) is 13.1. The van der Waals surface area contributed by atoms with Gasteiger partial charge in [-0.15, -0.1) is 0 Å². The van der Waals surface area contributed by atoms with Crippen LogP contribution in [0.2, 0.25) is 0 Å². The summed E-state index contributed by atoms with van der Waals surface area (Å²) in [5.74, 6) is -0.618. The average molecular weight is 595 g/mol. The highest BCUT2D eigenvalue weighted by molar-refractivity contribution is 5.69. The molecular weight excluding hydrogens is 520 g/mol. The van der Waals surface area contributed by atoms with Crippen molar-refractivity contribution < 1.29 is 19.4 Å². The summed E-state index contributed by atoms with van der Waals surface area (Å²) in [6.45, 7) is 4.51. The highest BCUT2D eigenvalue weighted by Gasteiger charge is 2.14. The Kier molecular flexibility index (Phi) is 33.6. The van der Waals surface area contributed by atoms with Crippen LogP contribution in [0.3, 0.4) is 0 Å². The summed E-state index contributed by atoms with van der Waals surface area (Å²) in [5, 5.41) is 8.66. The third-order valence-electron chi connectivity index (χ3n) is 8.83. The quantitative estimate of drug-likeness (QED) is 0.0585. The van der Waals surface area contributed by atoms with E-state index in [2.05, 4.69) is 13.8 Å². The zero-order chi connectivity index (χ0) is 30.8. The fraction of sp³-hybridized carbons (Fsp3) is 0.947. The Labute approximate surface area is 262 Å². The number of unbranched alkanes of at least 4 members (excludes halogenated alkanes) is 26. The maximum atomic E-state index is 12.5. The average Bonchev–Trinajstić information content (AvgIpc) is 2.97. The maximum absolute atomic E-state index is 12.5. The van der Waals surface area contributed by atoms with Crippen LogP contribution in [0.4, 0.5) is 0 Å². The molecule has 0 bridgehead atoms. The van der Waals surface area contributed by atoms with Crippen LogP contribution in [-0.2, 0) is 14.3 Å². The summed E-state index contributed by atoms with van der Waals surface area (Å²) in [4.78, 5) is 23.0. The number of carbonyl (C=O) groups excluding carboxylic acids is 1. The number of carboxylic acids is 1. The van der Waals surface area contributed by atoms with Gasteiger partial charge in [0, 0.05) is 12.8 Å². The predicted octanol–water partition coefficient (Wildman–Crippen LogP) is 12.9. The molecule has 250 valence electrons. The Morgan fingerprint density at radius 2 is 0.714 bits per heavy atom. The summed E-state index contributed by atoms with van der Waals surface area (Å²) < 4.78 is 5.96. The Morgan fingerprint density at radius 3 is 1.10 bits per heavy atom. The largest absolute Gasteiger partial charge is 0.481 e. The van der Waals surface area contributed by atoms with Crippen molar-refractivity contribution >= 4 is 11.9 Å². The van der Waals surface area contributed by atoms with Gasteiger partial charge in [-0.2, -0.15) is 0 Å². The van der Waals surface area contributed by atoms with E-state index in [1.165, 1.54) is 167 Å². The molecule has 0 fully saturated rings. The first-order valence-electron chi connectivity index (χ1n) is 19.0. The van der Waals surface area contributed by atoms with Crippen LogP contribution >= 0.6 is 0 Å². The minimum absolute atomic E-state index is 0.0446. The summed E-state index contributed by atoms with van der Waals surface area (Å²) in [7, 11) is 0. The molecule has 0 amide bonds. The fourth-order valence-corrected chi connectivity index (χ4v) is 6.01. The molecule has 1 atom stereocenters. The van der Waals surface area contributed by atoms with Crippen molar-refractivity contribution in [1.82, 2.24) is 0 Å². The van der Waals surface area contributed by atoms with Crippen LogP contribution in [0.25, 0.3) is 0 Å². The molecule has 42 heavy (non-hydrogen) atoms. The van der Waals surface area contributed by atoms with E-state index in [9.17, 15) is 9.59 Å². The Hall–Kier alpha value is -1.06. The number of carbonyl (C=O) groups is 2. The van der Waals surface area contributed by atoms with Crippen LogP contribution in [0.5, 0.6) is 0 Å². The number of hydrogen-bond donors (Lipinski definition) is 1. The van der Waals surface area contributed by atoms with Crippen molar-refractivity contribution in [3.8, 4) is 0 Å². The van der Waals surface area contributed by atoms with Crippen LogP contribution in [0, 0.1) is 0 Å². The zero-order valence-electron chi connectivity index (χ0n) is 28.6. The van der Waals surface area contributed by atoms with Crippen molar-refractivity contribution in [3.63, 3.8) is 0 Å². The van der Waals surface area contributed by atoms with Crippen LogP contribution in [0.1, 0.15) is 226 Å². The molecule has 0 aliphatic rings. The van der Waals surface area contributed by atoms with Gasteiger partial charge in [-0.25, -0.2) is 0 Å². The van der Waals surface area contributed by atoms with E-state index in [1.54, 1.807) is 0 Å². The standard InChI is InChI=1S/C38H74O4/c1-3-5-7-8-9-10-16-21-24-27-31-35-38(41)42-36(32-28-6-4-2)33-29-25-22-19-17-14-12-11-13-15-18-20-23-26-30-34-37(39)40/h36H,3-35H2,1-2H3,(H,39,40). The number of rotatable bonds is 35. The first-order valence-corrected chi connectivity index (χ1v) is 19.0. The number of esters is 1. The second-order valence-electron chi connectivity index (χ2n) is 13.1. The molecule has 4 nitrogen and oxygen atoms in total. The molecule has 0 aliphatic heterocycles. The molecule has 0 aromatic carbocycles. The molecule has 0 saturated carbocycles. The topological polar surface area (TPSA) is 63.6 Å². The monoisotopic (exact) mass is 595 g/mol. The Morgan fingerprint density at radius 1 is 0.429 bits per heavy atom. The lowest BCUT2D eigenvalue weighted by molar-refractivity contribution is -0.150. The highest BCUT2D eigenvalue weighted by atomic mass is 16.5. The van der Waals surface area contributed by atoms with E-state index in [4.69, 9.17) is 9.84 Å². The van der Waals surface area contributed by atoms with Crippen LogP contribution in [0.15, 0.2) is 0 Å². The molecule has 0 aliphatic carbocycles. The first kappa shape index (κ1) is 40.9. The number of ether oxygens (including phenoxy) is 1. The summed E-state index contributed by atoms with van der Waals surface area (Å²) >= 11 is 0. The van der Waals surface area contributed by atoms with Crippen LogP contribution < -0.4 is 0 Å². The van der Waals surface area contributed by atoms with E-state index < -0.39 is 5.97 Å². The summed E-state index contributed by atoms with van der Waals surface area (Å²) in [6.07, 6.45) is 40.1. The van der Waals surface area contributed by atoms with Crippen molar-refractivity contribution in [3.05, 3.63) is 0 Å². The van der Waals surface area contributed by atoms with Gasteiger partial charge in [-0.05, 0) is 38.5 Å². The third-order valence-corrected chi connectivity index (χ3v) is 8.83. The van der Waals surface area contributed by atoms with Crippen molar-refractivity contribution in [2.75, 3.05) is 0 Å². The minimum Gasteiger partial charge on any atom is -0.481 e. The van der Waals surface area contributed by atoms with Gasteiger partial charge in [0.2, 0.25) is 0 Å². The lowest BCUT2D eigenvalue weighted by atomic mass is 10.0. The lowest BCUT2D eigenvalue weighted by Crippen LogP contribution is -2.18. The second kappa shape index (κ2) is 34.4. The molecule has 0 rings (SSSR count). The molecule has 1 unspecified atom stereocenters. The molecule has 4 heteroatoms. The molecular formula is C38H74O4. The van der Waals surface area contributed by atoms with Gasteiger partial charge in [0.05, 0.1) is 0 Å². The Balaban J connectivity index is 3.67. The van der Waals surface area contributed by atoms with E-state index in [0.29, 0.717) is 12.8 Å². The molecule has 0 aromatic heterocycles. The molecule has 0 heterocycles. The number of aliphatic carboxylic acids is 1. The molecule has 0 radical (unpaired) electrons. The summed E-state index contributed by atoms with van der Waals surface area (Å²) in [5.41, 5.74) is 0. The minimum atomic E-state index is -0.663. The van der Waals surface area contributed by atoms with Gasteiger partial charge >= 0.3 is 11.9 Å². The fourth-order valence-electron chi connectivity index (χ4n) is 6.01. The molecule has 0 saturated heterocycles. The van der Waals surface area contributed by atoms with E-state index in [0.717, 1.165) is 32.1 Å². The van der Waals surface area contributed by atoms with Crippen molar-refractivity contribution in [2.45, 2.75) is 232 Å². The third kappa shape index (κ3) is 33.4. The normalized spacial score (nSPS) is 12.0. The molecule has 0 spiro atoms. The van der Waals surface area contributed by atoms with Gasteiger partial charge in [0.15, 0.2) is 0 Å².